The van der Waals surface area contributed by atoms with Crippen LogP contribution in [0.2, 0.25) is 5.02 Å². The first-order valence-electron chi connectivity index (χ1n) is 7.48. The number of amides is 1. The molecule has 1 N–H and O–H groups in total. The van der Waals surface area contributed by atoms with Gasteiger partial charge in [-0.25, -0.2) is 18.2 Å². The Morgan fingerprint density at radius 3 is 2.58 bits per heavy atom. The molecule has 0 aliphatic heterocycles. The van der Waals surface area contributed by atoms with Crippen molar-refractivity contribution < 1.29 is 18.0 Å². The molecule has 0 atom stereocenters. The molecule has 0 unspecified atom stereocenters. The SMILES string of the molecule is Cc1nc(C(F)F)c(C(=O)Nc2ccccc2-c2cccc(F)c2Cl)s1. The number of hydrogen-bond donors (Lipinski definition) is 1. The number of aryl methyl sites for hydroxylation is 1. The molecule has 8 heteroatoms. The third kappa shape index (κ3) is 3.59. The lowest BCUT2D eigenvalue weighted by Gasteiger charge is -2.12. The maximum Gasteiger partial charge on any atom is 0.282 e. The number of thiazole rings is 1. The fraction of sp³-hybridized carbons (Fsp3) is 0.111. The Kier molecular flexibility index (Phi) is 5.29. The van der Waals surface area contributed by atoms with Crippen molar-refractivity contribution in [1.29, 1.82) is 0 Å². The van der Waals surface area contributed by atoms with E-state index in [1.807, 2.05) is 0 Å². The summed E-state index contributed by atoms with van der Waals surface area (Å²) in [6.45, 7) is 1.55. The molecule has 1 amide bonds. The maximum atomic E-state index is 13.8. The molecule has 0 saturated heterocycles. The quantitative estimate of drug-likeness (QED) is 0.578. The average molecular weight is 397 g/mol. The molecule has 0 fully saturated rings. The fourth-order valence-corrected chi connectivity index (χ4v) is 3.52. The lowest BCUT2D eigenvalue weighted by Crippen LogP contribution is -2.13. The number of halogens is 4. The number of nitrogens with zero attached hydrogens (tertiary/aromatic N) is 1. The van der Waals surface area contributed by atoms with Gasteiger partial charge in [0.05, 0.1) is 10.0 Å². The second kappa shape index (κ2) is 7.47. The zero-order valence-corrected chi connectivity index (χ0v) is 15.0. The highest BCUT2D eigenvalue weighted by molar-refractivity contribution is 7.13. The molecule has 0 aliphatic rings. The molecule has 3 aromatic rings. The number of nitrogens with one attached hydrogen (secondary N) is 1. The van der Waals surface area contributed by atoms with Gasteiger partial charge in [-0.2, -0.15) is 0 Å². The van der Waals surface area contributed by atoms with Crippen molar-refractivity contribution in [3.63, 3.8) is 0 Å². The summed E-state index contributed by atoms with van der Waals surface area (Å²) in [6, 6.07) is 10.9. The van der Waals surface area contributed by atoms with Crippen LogP contribution in [0, 0.1) is 12.7 Å². The van der Waals surface area contributed by atoms with E-state index < -0.39 is 23.8 Å². The highest BCUT2D eigenvalue weighted by atomic mass is 35.5. The number of rotatable bonds is 4. The van der Waals surface area contributed by atoms with Crippen LogP contribution < -0.4 is 5.32 Å². The van der Waals surface area contributed by atoms with Crippen LogP contribution in [0.25, 0.3) is 11.1 Å². The van der Waals surface area contributed by atoms with Crippen LogP contribution in [0.3, 0.4) is 0 Å². The smallest absolute Gasteiger partial charge is 0.282 e. The zero-order chi connectivity index (χ0) is 18.8. The Morgan fingerprint density at radius 1 is 1.15 bits per heavy atom. The van der Waals surface area contributed by atoms with Crippen molar-refractivity contribution in [2.75, 3.05) is 5.32 Å². The summed E-state index contributed by atoms with van der Waals surface area (Å²) in [5, 5.41) is 2.88. The van der Waals surface area contributed by atoms with Gasteiger partial charge in [0.25, 0.3) is 12.3 Å². The zero-order valence-electron chi connectivity index (χ0n) is 13.4. The van der Waals surface area contributed by atoms with Crippen LogP contribution in [-0.2, 0) is 0 Å². The molecule has 0 saturated carbocycles. The fourth-order valence-electron chi connectivity index (χ4n) is 2.47. The molecule has 0 spiro atoms. The number of carbonyl (C=O) groups excluding carboxylic acids is 1. The van der Waals surface area contributed by atoms with Crippen LogP contribution >= 0.6 is 22.9 Å². The Morgan fingerprint density at radius 2 is 1.85 bits per heavy atom. The van der Waals surface area contributed by atoms with E-state index in [0.717, 1.165) is 11.3 Å². The lowest BCUT2D eigenvalue weighted by molar-refractivity contribution is 0.101. The summed E-state index contributed by atoms with van der Waals surface area (Å²) in [5.41, 5.74) is 0.643. The highest BCUT2D eigenvalue weighted by Crippen LogP contribution is 2.35. The van der Waals surface area contributed by atoms with E-state index in [1.54, 1.807) is 37.3 Å². The largest absolute Gasteiger partial charge is 0.321 e. The standard InChI is InChI=1S/C18H12ClF3N2OS/c1-9-23-15(17(21)22)16(26-9)18(25)24-13-8-3-2-5-10(13)11-6-4-7-12(20)14(11)19/h2-8,17H,1H3,(H,24,25). The Hall–Kier alpha value is -2.38. The van der Waals surface area contributed by atoms with Gasteiger partial charge in [0.15, 0.2) is 0 Å². The van der Waals surface area contributed by atoms with Crippen LogP contribution in [0.1, 0.15) is 26.8 Å². The summed E-state index contributed by atoms with van der Waals surface area (Å²) in [7, 11) is 0. The van der Waals surface area contributed by atoms with E-state index in [1.165, 1.54) is 12.1 Å². The summed E-state index contributed by atoms with van der Waals surface area (Å²) >= 11 is 6.92. The molecule has 3 nitrogen and oxygen atoms in total. The second-order valence-corrected chi connectivity index (χ2v) is 6.93. The van der Waals surface area contributed by atoms with Crippen molar-refractivity contribution in [1.82, 2.24) is 4.98 Å². The summed E-state index contributed by atoms with van der Waals surface area (Å²) < 4.78 is 39.9. The van der Waals surface area contributed by atoms with E-state index in [-0.39, 0.29) is 9.90 Å². The van der Waals surface area contributed by atoms with Crippen molar-refractivity contribution in [2.45, 2.75) is 13.3 Å². The van der Waals surface area contributed by atoms with E-state index in [9.17, 15) is 18.0 Å². The summed E-state index contributed by atoms with van der Waals surface area (Å²) in [6.07, 6.45) is -2.85. The Labute approximate surface area is 156 Å². The second-order valence-electron chi connectivity index (χ2n) is 5.35. The molecule has 26 heavy (non-hydrogen) atoms. The number of para-hydroxylation sites is 1. The Bertz CT molecular complexity index is 975. The van der Waals surface area contributed by atoms with E-state index >= 15 is 0 Å². The average Bonchev–Trinajstić information content (AvgIpc) is 3.00. The first-order valence-corrected chi connectivity index (χ1v) is 8.68. The van der Waals surface area contributed by atoms with E-state index in [4.69, 9.17) is 11.6 Å². The third-order valence-corrected chi connectivity index (χ3v) is 4.96. The number of anilines is 1. The van der Waals surface area contributed by atoms with Gasteiger partial charge < -0.3 is 5.32 Å². The first-order chi connectivity index (χ1) is 12.4. The molecule has 2 aromatic carbocycles. The molecule has 1 aromatic heterocycles. The van der Waals surface area contributed by atoms with Crippen LogP contribution in [-0.4, -0.2) is 10.9 Å². The predicted molar refractivity (Wildman–Crippen MR) is 96.6 cm³/mol. The first kappa shape index (κ1) is 18.4. The molecular weight excluding hydrogens is 385 g/mol. The third-order valence-electron chi connectivity index (χ3n) is 3.59. The number of benzene rings is 2. The summed E-state index contributed by atoms with van der Waals surface area (Å²) in [5.74, 6) is -1.30. The number of hydrogen-bond acceptors (Lipinski definition) is 3. The van der Waals surface area contributed by atoms with Crippen molar-refractivity contribution >= 4 is 34.5 Å². The monoisotopic (exact) mass is 396 g/mol. The minimum absolute atomic E-state index is 0.0869. The number of alkyl halides is 2. The molecule has 0 bridgehead atoms. The van der Waals surface area contributed by atoms with Gasteiger partial charge in [0, 0.05) is 16.8 Å². The lowest BCUT2D eigenvalue weighted by atomic mass is 10.0. The van der Waals surface area contributed by atoms with E-state index in [2.05, 4.69) is 10.3 Å². The minimum Gasteiger partial charge on any atom is -0.321 e. The number of aromatic nitrogens is 1. The normalized spacial score (nSPS) is 11.0. The van der Waals surface area contributed by atoms with Gasteiger partial charge in [-0.1, -0.05) is 41.9 Å². The molecule has 0 radical (unpaired) electrons. The highest BCUT2D eigenvalue weighted by Gasteiger charge is 2.24. The molecule has 3 rings (SSSR count). The summed E-state index contributed by atoms with van der Waals surface area (Å²) in [4.78, 5) is 16.1. The van der Waals surface area contributed by atoms with Crippen LogP contribution in [0.15, 0.2) is 42.5 Å². The van der Waals surface area contributed by atoms with Gasteiger partial charge in [-0.3, -0.25) is 4.79 Å². The van der Waals surface area contributed by atoms with Gasteiger partial charge in [-0.15, -0.1) is 11.3 Å². The van der Waals surface area contributed by atoms with E-state index in [0.29, 0.717) is 21.8 Å². The van der Waals surface area contributed by atoms with Crippen LogP contribution in [0.4, 0.5) is 18.9 Å². The molecule has 0 aliphatic carbocycles. The number of carbonyl (C=O) groups is 1. The van der Waals surface area contributed by atoms with Crippen molar-refractivity contribution in [2.24, 2.45) is 0 Å². The van der Waals surface area contributed by atoms with Crippen molar-refractivity contribution in [3.8, 4) is 11.1 Å². The van der Waals surface area contributed by atoms with Gasteiger partial charge in [0.1, 0.15) is 16.4 Å². The van der Waals surface area contributed by atoms with Gasteiger partial charge >= 0.3 is 0 Å². The topological polar surface area (TPSA) is 42.0 Å². The molecule has 1 heterocycles. The minimum atomic E-state index is -2.85. The van der Waals surface area contributed by atoms with Crippen LogP contribution in [0.5, 0.6) is 0 Å². The van der Waals surface area contributed by atoms with Gasteiger partial charge in [0.2, 0.25) is 0 Å². The van der Waals surface area contributed by atoms with Crippen molar-refractivity contribution in [3.05, 3.63) is 68.9 Å². The molecular formula is C18H12ClF3N2OS. The van der Waals surface area contributed by atoms with Gasteiger partial charge in [-0.05, 0) is 19.1 Å². The Balaban J connectivity index is 2.00. The molecule has 134 valence electrons. The maximum absolute atomic E-state index is 13.8. The predicted octanol–water partition coefficient (Wildman–Crippen LogP) is 6.10.